The van der Waals surface area contributed by atoms with Crippen molar-refractivity contribution in [3.05, 3.63) is 35.4 Å². The monoisotopic (exact) mass is 306 g/mol. The Hall–Kier alpha value is -0.300. The van der Waals surface area contributed by atoms with Crippen molar-refractivity contribution >= 4 is 15.9 Å². The van der Waals surface area contributed by atoms with Crippen LogP contribution in [0.5, 0.6) is 0 Å². The molecule has 0 aromatic heterocycles. The van der Waals surface area contributed by atoms with E-state index in [1.165, 1.54) is 36.8 Å². The Bertz CT molecular complexity index is 398. The maximum atomic E-state index is 3.95. The minimum atomic E-state index is 0.596. The van der Waals surface area contributed by atoms with Crippen LogP contribution in [-0.2, 0) is 0 Å². The van der Waals surface area contributed by atoms with Crippen LogP contribution in [0.25, 0.3) is 0 Å². The van der Waals surface area contributed by atoms with E-state index < -0.39 is 0 Å². The van der Waals surface area contributed by atoms with Crippen LogP contribution in [0.3, 0.4) is 0 Å². The molecule has 0 radical (unpaired) electrons. The fourth-order valence-corrected chi connectivity index (χ4v) is 4.87. The third-order valence-corrected chi connectivity index (χ3v) is 6.39. The van der Waals surface area contributed by atoms with Crippen LogP contribution in [0.4, 0.5) is 0 Å². The van der Waals surface area contributed by atoms with Gasteiger partial charge in [-0.15, -0.1) is 0 Å². The number of hydrogen-bond acceptors (Lipinski definition) is 0. The molecule has 0 heterocycles. The molecule has 2 aliphatic rings. The van der Waals surface area contributed by atoms with Crippen molar-refractivity contribution in [3.63, 3.8) is 0 Å². The first-order valence-corrected chi connectivity index (χ1v) is 8.38. The number of halogens is 1. The molecule has 0 aliphatic heterocycles. The third kappa shape index (κ3) is 2.15. The second-order valence-electron chi connectivity index (χ2n) is 6.21. The van der Waals surface area contributed by atoms with E-state index >= 15 is 0 Å². The quantitative estimate of drug-likeness (QED) is 0.628. The molecule has 1 aromatic carbocycles. The van der Waals surface area contributed by atoms with Crippen LogP contribution in [0, 0.1) is 17.8 Å². The van der Waals surface area contributed by atoms with Gasteiger partial charge in [0.05, 0.1) is 0 Å². The molecule has 18 heavy (non-hydrogen) atoms. The molecular formula is C17H23Br. The van der Waals surface area contributed by atoms with Gasteiger partial charge in [0.15, 0.2) is 0 Å². The van der Waals surface area contributed by atoms with Crippen molar-refractivity contribution in [3.8, 4) is 0 Å². The Labute approximate surface area is 119 Å². The van der Waals surface area contributed by atoms with Gasteiger partial charge < -0.3 is 0 Å². The van der Waals surface area contributed by atoms with Crippen molar-refractivity contribution in [2.75, 3.05) is 0 Å². The third-order valence-electron chi connectivity index (χ3n) is 5.25. The Balaban J connectivity index is 1.69. The number of hydrogen-bond donors (Lipinski definition) is 0. The number of fused-ring (bicyclic) bond motifs is 1. The van der Waals surface area contributed by atoms with Gasteiger partial charge in [-0.3, -0.25) is 0 Å². The van der Waals surface area contributed by atoms with E-state index in [1.807, 2.05) is 0 Å². The fraction of sp³-hybridized carbons (Fsp3) is 0.647. The van der Waals surface area contributed by atoms with Crippen LogP contribution in [0.1, 0.15) is 61.4 Å². The lowest BCUT2D eigenvalue weighted by Gasteiger charge is -2.14. The van der Waals surface area contributed by atoms with Gasteiger partial charge in [0.2, 0.25) is 0 Å². The first-order chi connectivity index (χ1) is 8.72. The van der Waals surface area contributed by atoms with E-state index in [0.717, 1.165) is 17.8 Å². The zero-order chi connectivity index (χ0) is 12.7. The topological polar surface area (TPSA) is 0 Å². The molecule has 98 valence electrons. The summed E-state index contributed by atoms with van der Waals surface area (Å²) in [6.07, 6.45) is 5.65. The highest BCUT2D eigenvalue weighted by atomic mass is 79.9. The highest BCUT2D eigenvalue weighted by Gasteiger charge is 2.55. The number of alkyl halides is 1. The molecule has 3 rings (SSSR count). The van der Waals surface area contributed by atoms with E-state index in [9.17, 15) is 0 Å². The van der Waals surface area contributed by atoms with Crippen molar-refractivity contribution in [1.29, 1.82) is 0 Å². The number of benzene rings is 1. The van der Waals surface area contributed by atoms with E-state index in [0.29, 0.717) is 10.7 Å². The maximum absolute atomic E-state index is 3.95. The second-order valence-corrected chi connectivity index (χ2v) is 7.20. The van der Waals surface area contributed by atoms with Crippen LogP contribution in [-0.4, -0.2) is 0 Å². The molecule has 4 unspecified atom stereocenters. The van der Waals surface area contributed by atoms with Crippen molar-refractivity contribution in [2.24, 2.45) is 17.8 Å². The van der Waals surface area contributed by atoms with Crippen LogP contribution >= 0.6 is 15.9 Å². The summed E-state index contributed by atoms with van der Waals surface area (Å²) in [5, 5.41) is 0. The van der Waals surface area contributed by atoms with Gasteiger partial charge in [-0.05, 0) is 54.1 Å². The molecule has 1 heteroatoms. The van der Waals surface area contributed by atoms with Crippen molar-refractivity contribution in [1.82, 2.24) is 0 Å². The highest BCUT2D eigenvalue weighted by molar-refractivity contribution is 9.09. The Morgan fingerprint density at radius 3 is 2.22 bits per heavy atom. The smallest absolute Gasteiger partial charge is 0.0429 e. The van der Waals surface area contributed by atoms with Gasteiger partial charge in [-0.1, -0.05) is 60.5 Å². The second kappa shape index (κ2) is 5.00. The molecule has 2 fully saturated rings. The molecule has 0 saturated heterocycles. The lowest BCUT2D eigenvalue weighted by molar-refractivity contribution is 0.583. The van der Waals surface area contributed by atoms with E-state index in [4.69, 9.17) is 0 Å². The molecule has 1 aromatic rings. The van der Waals surface area contributed by atoms with E-state index in [1.54, 1.807) is 0 Å². The van der Waals surface area contributed by atoms with Gasteiger partial charge in [0, 0.05) is 4.83 Å². The van der Waals surface area contributed by atoms with Gasteiger partial charge in [-0.2, -0.15) is 0 Å². The standard InChI is InChI=1S/C17H23Br/c1-3-11(2)12-7-9-13(10-8-12)17(18)16-14-5-4-6-15(14)16/h7-11,14-17H,3-6H2,1-2H3. The van der Waals surface area contributed by atoms with E-state index in [-0.39, 0.29) is 0 Å². The molecule has 0 bridgehead atoms. The van der Waals surface area contributed by atoms with Crippen molar-refractivity contribution in [2.45, 2.75) is 50.3 Å². The fourth-order valence-electron chi connectivity index (χ4n) is 3.78. The molecule has 0 spiro atoms. The molecule has 0 amide bonds. The maximum Gasteiger partial charge on any atom is 0.0429 e. The van der Waals surface area contributed by atoms with Crippen molar-refractivity contribution < 1.29 is 0 Å². The van der Waals surface area contributed by atoms with E-state index in [2.05, 4.69) is 54.0 Å². The summed E-state index contributed by atoms with van der Waals surface area (Å²) in [5.41, 5.74) is 2.97. The average Bonchev–Trinajstić information content (AvgIpc) is 2.89. The zero-order valence-electron chi connectivity index (χ0n) is 11.4. The normalized spacial score (nSPS) is 32.9. The Morgan fingerprint density at radius 1 is 1.11 bits per heavy atom. The lowest BCUT2D eigenvalue weighted by atomic mass is 9.95. The SMILES string of the molecule is CCC(C)c1ccc(C(Br)C2C3CCCC32)cc1. The Morgan fingerprint density at radius 2 is 1.67 bits per heavy atom. The summed E-state index contributed by atoms with van der Waals surface area (Å²) in [5.74, 6) is 3.67. The predicted octanol–water partition coefficient (Wildman–Crippen LogP) is 5.68. The molecule has 2 saturated carbocycles. The van der Waals surface area contributed by atoms with Gasteiger partial charge in [0.1, 0.15) is 0 Å². The molecule has 0 nitrogen and oxygen atoms in total. The summed E-state index contributed by atoms with van der Waals surface area (Å²) >= 11 is 3.95. The minimum Gasteiger partial charge on any atom is -0.0836 e. The minimum absolute atomic E-state index is 0.596. The van der Waals surface area contributed by atoms with Crippen LogP contribution < -0.4 is 0 Å². The summed E-state index contributed by atoms with van der Waals surface area (Å²) in [4.78, 5) is 0.596. The zero-order valence-corrected chi connectivity index (χ0v) is 13.0. The average molecular weight is 307 g/mol. The summed E-state index contributed by atoms with van der Waals surface area (Å²) in [7, 11) is 0. The van der Waals surface area contributed by atoms with Gasteiger partial charge in [0.25, 0.3) is 0 Å². The van der Waals surface area contributed by atoms with Crippen LogP contribution in [0.15, 0.2) is 24.3 Å². The summed E-state index contributed by atoms with van der Waals surface area (Å²) in [6, 6.07) is 9.34. The number of rotatable bonds is 4. The Kier molecular flexibility index (Phi) is 3.53. The summed E-state index contributed by atoms with van der Waals surface area (Å²) < 4.78 is 0. The lowest BCUT2D eigenvalue weighted by Crippen LogP contribution is -1.99. The molecule has 2 aliphatic carbocycles. The summed E-state index contributed by atoms with van der Waals surface area (Å²) in [6.45, 7) is 4.57. The molecule has 0 N–H and O–H groups in total. The van der Waals surface area contributed by atoms with Crippen LogP contribution in [0.2, 0.25) is 0 Å². The van der Waals surface area contributed by atoms with Gasteiger partial charge >= 0.3 is 0 Å². The molecular weight excluding hydrogens is 284 g/mol. The largest absolute Gasteiger partial charge is 0.0836 e. The first-order valence-electron chi connectivity index (χ1n) is 7.46. The van der Waals surface area contributed by atoms with Gasteiger partial charge in [-0.25, -0.2) is 0 Å². The predicted molar refractivity (Wildman–Crippen MR) is 81.1 cm³/mol. The molecule has 4 atom stereocenters. The highest BCUT2D eigenvalue weighted by Crippen LogP contribution is 2.64. The first kappa shape index (κ1) is 12.7.